The molecule has 0 aromatic heterocycles. The zero-order valence-corrected chi connectivity index (χ0v) is 12.6. The van der Waals surface area contributed by atoms with Gasteiger partial charge >= 0.3 is 18.3 Å². The average molecular weight is 348 g/mol. The van der Waals surface area contributed by atoms with Crippen molar-refractivity contribution in [3.05, 3.63) is 12.2 Å². The van der Waals surface area contributed by atoms with Gasteiger partial charge in [0.25, 0.3) is 0 Å². The molecule has 0 aliphatic heterocycles. The molecule has 1 N–H and O–H groups in total. The van der Waals surface area contributed by atoms with Crippen molar-refractivity contribution >= 4 is 5.97 Å². The highest BCUT2D eigenvalue weighted by Crippen LogP contribution is 2.58. The lowest BCUT2D eigenvalue weighted by atomic mass is 9.66. The summed E-state index contributed by atoms with van der Waals surface area (Å²) in [6, 6.07) is 0. The van der Waals surface area contributed by atoms with Crippen LogP contribution < -0.4 is 0 Å². The van der Waals surface area contributed by atoms with Crippen LogP contribution in [0.25, 0.3) is 0 Å². The van der Waals surface area contributed by atoms with Crippen LogP contribution in [0.4, 0.5) is 26.3 Å². The Morgan fingerprint density at radius 3 is 2.00 bits per heavy atom. The van der Waals surface area contributed by atoms with Crippen LogP contribution in [-0.4, -0.2) is 35.6 Å². The van der Waals surface area contributed by atoms with Crippen LogP contribution in [-0.2, 0) is 9.53 Å². The van der Waals surface area contributed by atoms with Crippen LogP contribution in [0.5, 0.6) is 0 Å². The van der Waals surface area contributed by atoms with E-state index in [9.17, 15) is 36.2 Å². The van der Waals surface area contributed by atoms with Gasteiger partial charge in [-0.3, -0.25) is 0 Å². The first kappa shape index (κ1) is 19.8. The number of hydrogen-bond acceptors (Lipinski definition) is 3. The van der Waals surface area contributed by atoms with Crippen molar-refractivity contribution in [3.8, 4) is 0 Å². The van der Waals surface area contributed by atoms with Crippen LogP contribution in [0.3, 0.4) is 0 Å². The number of hydrogen-bond donors (Lipinski definition) is 1. The van der Waals surface area contributed by atoms with E-state index in [2.05, 4.69) is 6.58 Å². The molecule has 9 heteroatoms. The van der Waals surface area contributed by atoms with Gasteiger partial charge in [0.05, 0.1) is 6.10 Å². The number of esters is 1. The predicted octanol–water partition coefficient (Wildman–Crippen LogP) is 3.77. The number of carbonyl (C=O) groups is 1. The lowest BCUT2D eigenvalue weighted by Crippen LogP contribution is -2.58. The molecule has 1 saturated carbocycles. The van der Waals surface area contributed by atoms with Gasteiger partial charge < -0.3 is 9.84 Å². The Labute approximate surface area is 129 Å². The highest BCUT2D eigenvalue weighted by molar-refractivity contribution is 5.87. The number of carbonyl (C=O) groups excluding carboxylic acids is 1. The SMILES string of the molecule is C=C(C)C(=O)OC1CCC(O)C(C(C)(C(F)(F)F)C(F)(F)F)C1. The van der Waals surface area contributed by atoms with Crippen molar-refractivity contribution in [3.63, 3.8) is 0 Å². The average Bonchev–Trinajstić information content (AvgIpc) is 2.37. The van der Waals surface area contributed by atoms with E-state index in [1.54, 1.807) is 0 Å². The fourth-order valence-electron chi connectivity index (χ4n) is 2.68. The van der Waals surface area contributed by atoms with Crippen molar-refractivity contribution < 1.29 is 41.0 Å². The fourth-order valence-corrected chi connectivity index (χ4v) is 2.68. The van der Waals surface area contributed by atoms with Crippen LogP contribution in [0.15, 0.2) is 12.2 Å². The number of aliphatic hydroxyl groups excluding tert-OH is 1. The standard InChI is InChI=1S/C14H18F6O3/c1-7(2)11(22)23-8-4-5-10(21)9(6-8)12(3,13(15,16)17)14(18,19)20/h8-10,21H,1,4-6H2,2-3H3. The van der Waals surface area contributed by atoms with Crippen LogP contribution in [0, 0.1) is 11.3 Å². The summed E-state index contributed by atoms with van der Waals surface area (Å²) in [7, 11) is 0. The number of alkyl halides is 6. The smallest absolute Gasteiger partial charge is 0.403 e. The van der Waals surface area contributed by atoms with E-state index in [1.165, 1.54) is 6.92 Å². The molecule has 0 saturated heterocycles. The van der Waals surface area contributed by atoms with Crippen molar-refractivity contribution in [2.75, 3.05) is 0 Å². The normalized spacial score (nSPS) is 26.7. The minimum absolute atomic E-state index is 0.0114. The highest BCUT2D eigenvalue weighted by atomic mass is 19.4. The van der Waals surface area contributed by atoms with Crippen molar-refractivity contribution in [2.45, 2.75) is 57.7 Å². The quantitative estimate of drug-likeness (QED) is 0.480. The van der Waals surface area contributed by atoms with Crippen LogP contribution >= 0.6 is 0 Å². The molecule has 23 heavy (non-hydrogen) atoms. The fraction of sp³-hybridized carbons (Fsp3) is 0.786. The summed E-state index contributed by atoms with van der Waals surface area (Å²) >= 11 is 0. The molecular formula is C14H18F6O3. The Balaban J connectivity index is 3.11. The van der Waals surface area contributed by atoms with Crippen LogP contribution in [0.2, 0.25) is 0 Å². The molecule has 0 aromatic rings. The van der Waals surface area contributed by atoms with Gasteiger partial charge in [-0.05, 0) is 33.1 Å². The van der Waals surface area contributed by atoms with E-state index in [-0.39, 0.29) is 25.3 Å². The third-order valence-electron chi connectivity index (χ3n) is 4.31. The Morgan fingerprint density at radius 1 is 1.13 bits per heavy atom. The highest BCUT2D eigenvalue weighted by Gasteiger charge is 2.72. The van der Waals surface area contributed by atoms with Gasteiger partial charge in [0, 0.05) is 11.5 Å². The first-order valence-electron chi connectivity index (χ1n) is 6.89. The van der Waals surface area contributed by atoms with Gasteiger partial charge in [0.15, 0.2) is 5.41 Å². The van der Waals surface area contributed by atoms with E-state index in [4.69, 9.17) is 4.74 Å². The number of rotatable bonds is 3. The van der Waals surface area contributed by atoms with Crippen molar-refractivity contribution in [1.29, 1.82) is 0 Å². The molecule has 1 fully saturated rings. The van der Waals surface area contributed by atoms with Gasteiger partial charge in [-0.25, -0.2) is 4.79 Å². The molecule has 1 aliphatic carbocycles. The Morgan fingerprint density at radius 2 is 1.61 bits per heavy atom. The van der Waals surface area contributed by atoms with E-state index in [0.29, 0.717) is 0 Å². The molecular weight excluding hydrogens is 330 g/mol. The molecule has 134 valence electrons. The third kappa shape index (κ3) is 3.81. The summed E-state index contributed by atoms with van der Waals surface area (Å²) in [5.74, 6) is -3.04. The van der Waals surface area contributed by atoms with Crippen molar-refractivity contribution in [1.82, 2.24) is 0 Å². The minimum atomic E-state index is -5.60. The van der Waals surface area contributed by atoms with Gasteiger partial charge in [-0.15, -0.1) is 0 Å². The minimum Gasteiger partial charge on any atom is -0.459 e. The second-order valence-electron chi connectivity index (χ2n) is 5.99. The summed E-state index contributed by atoms with van der Waals surface area (Å²) < 4.78 is 83.6. The maximum Gasteiger partial charge on any atom is 0.403 e. The Hall–Kier alpha value is -1.25. The van der Waals surface area contributed by atoms with Gasteiger partial charge in [0.1, 0.15) is 6.10 Å². The first-order valence-corrected chi connectivity index (χ1v) is 6.89. The Bertz CT molecular complexity index is 454. The molecule has 3 atom stereocenters. The lowest BCUT2D eigenvalue weighted by Gasteiger charge is -2.45. The zero-order chi connectivity index (χ0) is 18.2. The van der Waals surface area contributed by atoms with Gasteiger partial charge in [0.2, 0.25) is 0 Å². The van der Waals surface area contributed by atoms with E-state index in [0.717, 1.165) is 0 Å². The van der Waals surface area contributed by atoms with E-state index >= 15 is 0 Å². The number of aliphatic hydroxyl groups is 1. The molecule has 3 unspecified atom stereocenters. The monoisotopic (exact) mass is 348 g/mol. The summed E-state index contributed by atoms with van der Waals surface area (Å²) in [6.45, 7) is 4.64. The van der Waals surface area contributed by atoms with E-state index in [1.807, 2.05) is 0 Å². The molecule has 0 radical (unpaired) electrons. The number of halogens is 6. The molecule has 0 amide bonds. The molecule has 0 aromatic carbocycles. The van der Waals surface area contributed by atoms with Gasteiger partial charge in [-0.2, -0.15) is 26.3 Å². The maximum absolute atomic E-state index is 13.1. The van der Waals surface area contributed by atoms with Gasteiger partial charge in [-0.1, -0.05) is 6.58 Å². The summed E-state index contributed by atoms with van der Waals surface area (Å²) in [5, 5.41) is 9.73. The lowest BCUT2D eigenvalue weighted by molar-refractivity contribution is -0.362. The summed E-state index contributed by atoms with van der Waals surface area (Å²) in [4.78, 5) is 11.4. The second kappa shape index (κ2) is 6.33. The largest absolute Gasteiger partial charge is 0.459 e. The second-order valence-corrected chi connectivity index (χ2v) is 5.99. The predicted molar refractivity (Wildman–Crippen MR) is 68.3 cm³/mol. The molecule has 0 spiro atoms. The molecule has 1 rings (SSSR count). The van der Waals surface area contributed by atoms with Crippen molar-refractivity contribution in [2.24, 2.45) is 11.3 Å². The Kier molecular flexibility index (Phi) is 5.45. The van der Waals surface area contributed by atoms with Crippen LogP contribution in [0.1, 0.15) is 33.1 Å². The topological polar surface area (TPSA) is 46.5 Å². The first-order chi connectivity index (χ1) is 10.2. The number of ether oxygens (including phenoxy) is 1. The molecule has 1 aliphatic rings. The zero-order valence-electron chi connectivity index (χ0n) is 12.6. The van der Waals surface area contributed by atoms with E-state index < -0.39 is 48.3 Å². The molecule has 0 heterocycles. The molecule has 0 bridgehead atoms. The third-order valence-corrected chi connectivity index (χ3v) is 4.31. The maximum atomic E-state index is 13.1. The summed E-state index contributed by atoms with van der Waals surface area (Å²) in [5.41, 5.74) is -4.10. The summed E-state index contributed by atoms with van der Waals surface area (Å²) in [6.07, 6.45) is -15.2. The molecule has 3 nitrogen and oxygen atoms in total.